The van der Waals surface area contributed by atoms with Crippen LogP contribution in [0.2, 0.25) is 0 Å². The Labute approximate surface area is 96.0 Å². The number of amides is 1. The zero-order valence-corrected chi connectivity index (χ0v) is 9.77. The first-order chi connectivity index (χ1) is 7.64. The molecule has 3 nitrogen and oxygen atoms in total. The Morgan fingerprint density at radius 1 is 1.38 bits per heavy atom. The molecule has 0 aliphatic carbocycles. The molecule has 1 amide bonds. The summed E-state index contributed by atoms with van der Waals surface area (Å²) in [6.07, 6.45) is 0. The zero-order chi connectivity index (χ0) is 11.6. The van der Waals surface area contributed by atoms with E-state index in [-0.39, 0.29) is 11.4 Å². The first kappa shape index (κ1) is 11.1. The van der Waals surface area contributed by atoms with Crippen LogP contribution in [0.4, 0.5) is 0 Å². The van der Waals surface area contributed by atoms with Gasteiger partial charge < -0.3 is 9.64 Å². The lowest BCUT2D eigenvalue weighted by atomic mass is 9.89. The van der Waals surface area contributed by atoms with Gasteiger partial charge in [0.2, 0.25) is 5.91 Å². The highest BCUT2D eigenvalue weighted by Crippen LogP contribution is 2.31. The maximum Gasteiger partial charge on any atom is 0.220 e. The average Bonchev–Trinajstić information content (AvgIpc) is 2.30. The van der Waals surface area contributed by atoms with Crippen molar-refractivity contribution in [1.29, 1.82) is 0 Å². The molecule has 1 aliphatic rings. The predicted octanol–water partition coefficient (Wildman–Crippen LogP) is 1.78. The fourth-order valence-corrected chi connectivity index (χ4v) is 2.29. The van der Waals surface area contributed by atoms with Crippen molar-refractivity contribution in [3.8, 4) is 0 Å². The number of hydrogen-bond donors (Lipinski definition) is 0. The van der Waals surface area contributed by atoms with E-state index < -0.39 is 0 Å². The summed E-state index contributed by atoms with van der Waals surface area (Å²) in [6, 6.07) is 10.1. The molecule has 1 aromatic carbocycles. The quantitative estimate of drug-likeness (QED) is 0.720. The first-order valence-electron chi connectivity index (χ1n) is 5.56. The monoisotopic (exact) mass is 219 g/mol. The molecule has 1 aromatic rings. The summed E-state index contributed by atoms with van der Waals surface area (Å²) in [7, 11) is 0. The van der Waals surface area contributed by atoms with Crippen LogP contribution in [0.1, 0.15) is 19.4 Å². The normalized spacial score (nSPS) is 25.5. The number of nitrogens with zero attached hydrogens (tertiary/aromatic N) is 1. The Balaban J connectivity index is 2.37. The van der Waals surface area contributed by atoms with E-state index in [1.807, 2.05) is 35.2 Å². The third kappa shape index (κ3) is 1.83. The van der Waals surface area contributed by atoms with Crippen LogP contribution in [0, 0.1) is 0 Å². The van der Waals surface area contributed by atoms with Gasteiger partial charge in [-0.2, -0.15) is 0 Å². The molecule has 2 rings (SSSR count). The molecule has 3 heteroatoms. The van der Waals surface area contributed by atoms with Gasteiger partial charge in [0.15, 0.2) is 0 Å². The summed E-state index contributed by atoms with van der Waals surface area (Å²) in [5.41, 5.74) is 0.802. The molecule has 0 N–H and O–H groups in total. The highest BCUT2D eigenvalue weighted by molar-refractivity contribution is 5.74. The van der Waals surface area contributed by atoms with Crippen molar-refractivity contribution in [1.82, 2.24) is 4.90 Å². The maximum atomic E-state index is 11.7. The van der Waals surface area contributed by atoms with Crippen molar-refractivity contribution in [2.75, 3.05) is 19.8 Å². The number of benzene rings is 1. The predicted molar refractivity (Wildman–Crippen MR) is 62.0 cm³/mol. The number of rotatable bonds is 1. The minimum absolute atomic E-state index is 0.106. The molecule has 0 spiro atoms. The molecule has 1 atom stereocenters. The van der Waals surface area contributed by atoms with Gasteiger partial charge >= 0.3 is 0 Å². The molecule has 1 aliphatic heterocycles. The second kappa shape index (κ2) is 4.26. The molecule has 1 fully saturated rings. The number of ether oxygens (including phenoxy) is 1. The van der Waals surface area contributed by atoms with E-state index in [4.69, 9.17) is 4.74 Å². The Morgan fingerprint density at radius 3 is 2.69 bits per heavy atom. The standard InChI is InChI=1S/C13H17NO2/c1-11(15)14-8-9-16-10-13(14,2)12-6-4-3-5-7-12/h3-7H,8-10H2,1-2H3. The molecule has 1 unspecified atom stereocenters. The molecule has 0 aromatic heterocycles. The van der Waals surface area contributed by atoms with Crippen LogP contribution in [0.5, 0.6) is 0 Å². The van der Waals surface area contributed by atoms with E-state index in [9.17, 15) is 4.79 Å². The van der Waals surface area contributed by atoms with Gasteiger partial charge in [-0.15, -0.1) is 0 Å². The van der Waals surface area contributed by atoms with Gasteiger partial charge in [-0.3, -0.25) is 4.79 Å². The molecule has 86 valence electrons. The van der Waals surface area contributed by atoms with Crippen molar-refractivity contribution >= 4 is 5.91 Å². The molecular formula is C13H17NO2. The van der Waals surface area contributed by atoms with Crippen LogP contribution in [-0.2, 0) is 15.1 Å². The summed E-state index contributed by atoms with van der Waals surface area (Å²) < 4.78 is 5.53. The van der Waals surface area contributed by atoms with Crippen LogP contribution in [-0.4, -0.2) is 30.6 Å². The Hall–Kier alpha value is -1.35. The smallest absolute Gasteiger partial charge is 0.220 e. The minimum Gasteiger partial charge on any atom is -0.377 e. The van der Waals surface area contributed by atoms with Crippen LogP contribution < -0.4 is 0 Å². The van der Waals surface area contributed by atoms with Crippen molar-refractivity contribution in [2.45, 2.75) is 19.4 Å². The van der Waals surface area contributed by atoms with E-state index >= 15 is 0 Å². The fraction of sp³-hybridized carbons (Fsp3) is 0.462. The van der Waals surface area contributed by atoms with Gasteiger partial charge in [0.25, 0.3) is 0 Å². The fourth-order valence-electron chi connectivity index (χ4n) is 2.29. The van der Waals surface area contributed by atoms with Gasteiger partial charge in [0, 0.05) is 13.5 Å². The molecule has 0 bridgehead atoms. The molecular weight excluding hydrogens is 202 g/mol. The molecule has 0 radical (unpaired) electrons. The summed E-state index contributed by atoms with van der Waals surface area (Å²) in [5.74, 6) is 0.106. The number of morpholine rings is 1. The lowest BCUT2D eigenvalue weighted by molar-refractivity contribution is -0.146. The Kier molecular flexibility index (Phi) is 2.97. The van der Waals surface area contributed by atoms with Gasteiger partial charge in [0.05, 0.1) is 18.8 Å². The summed E-state index contributed by atoms with van der Waals surface area (Å²) >= 11 is 0. The largest absolute Gasteiger partial charge is 0.377 e. The first-order valence-corrected chi connectivity index (χ1v) is 5.56. The van der Waals surface area contributed by atoms with Crippen LogP contribution in [0.3, 0.4) is 0 Å². The van der Waals surface area contributed by atoms with Gasteiger partial charge in [-0.1, -0.05) is 30.3 Å². The van der Waals surface area contributed by atoms with E-state index in [0.29, 0.717) is 19.8 Å². The summed E-state index contributed by atoms with van der Waals surface area (Å²) in [5, 5.41) is 0. The average molecular weight is 219 g/mol. The lowest BCUT2D eigenvalue weighted by Gasteiger charge is -2.44. The number of carbonyl (C=O) groups excluding carboxylic acids is 1. The Morgan fingerprint density at radius 2 is 2.06 bits per heavy atom. The van der Waals surface area contributed by atoms with Gasteiger partial charge in [0.1, 0.15) is 0 Å². The molecule has 1 heterocycles. The van der Waals surface area contributed by atoms with E-state index in [1.165, 1.54) is 0 Å². The number of carbonyl (C=O) groups is 1. The number of hydrogen-bond acceptors (Lipinski definition) is 2. The van der Waals surface area contributed by atoms with Crippen molar-refractivity contribution in [3.05, 3.63) is 35.9 Å². The van der Waals surface area contributed by atoms with Crippen molar-refractivity contribution in [3.63, 3.8) is 0 Å². The van der Waals surface area contributed by atoms with Crippen molar-refractivity contribution in [2.24, 2.45) is 0 Å². The summed E-state index contributed by atoms with van der Waals surface area (Å²) in [4.78, 5) is 13.6. The molecule has 1 saturated heterocycles. The zero-order valence-electron chi connectivity index (χ0n) is 9.77. The maximum absolute atomic E-state index is 11.7. The van der Waals surface area contributed by atoms with Crippen LogP contribution in [0.15, 0.2) is 30.3 Å². The van der Waals surface area contributed by atoms with Crippen LogP contribution in [0.25, 0.3) is 0 Å². The Bertz CT molecular complexity index is 377. The third-order valence-electron chi connectivity index (χ3n) is 3.21. The lowest BCUT2D eigenvalue weighted by Crippen LogP contribution is -2.54. The van der Waals surface area contributed by atoms with Crippen LogP contribution >= 0.6 is 0 Å². The highest BCUT2D eigenvalue weighted by Gasteiger charge is 2.38. The van der Waals surface area contributed by atoms with Crippen molar-refractivity contribution < 1.29 is 9.53 Å². The second-order valence-corrected chi connectivity index (χ2v) is 4.36. The molecule has 16 heavy (non-hydrogen) atoms. The van der Waals surface area contributed by atoms with E-state index in [2.05, 4.69) is 6.92 Å². The minimum atomic E-state index is -0.328. The van der Waals surface area contributed by atoms with E-state index in [1.54, 1.807) is 6.92 Å². The van der Waals surface area contributed by atoms with E-state index in [0.717, 1.165) is 5.56 Å². The van der Waals surface area contributed by atoms with Gasteiger partial charge in [-0.25, -0.2) is 0 Å². The summed E-state index contributed by atoms with van der Waals surface area (Å²) in [6.45, 7) is 5.54. The second-order valence-electron chi connectivity index (χ2n) is 4.36. The molecule has 0 saturated carbocycles. The third-order valence-corrected chi connectivity index (χ3v) is 3.21. The highest BCUT2D eigenvalue weighted by atomic mass is 16.5. The SMILES string of the molecule is CC(=O)N1CCOCC1(C)c1ccccc1. The topological polar surface area (TPSA) is 29.5 Å². The van der Waals surface area contributed by atoms with Gasteiger partial charge in [-0.05, 0) is 12.5 Å².